The van der Waals surface area contributed by atoms with Crippen molar-refractivity contribution < 1.29 is 9.18 Å². The van der Waals surface area contributed by atoms with Crippen molar-refractivity contribution in [3.63, 3.8) is 0 Å². The fraction of sp³-hybridized carbons (Fsp3) is 0.462. The summed E-state index contributed by atoms with van der Waals surface area (Å²) in [4.78, 5) is 11.8. The van der Waals surface area contributed by atoms with Crippen LogP contribution in [0, 0.1) is 18.7 Å². The molecule has 0 spiro atoms. The average molecular weight is 275 g/mol. The van der Waals surface area contributed by atoms with Gasteiger partial charge in [0.25, 0.3) is 0 Å². The zero-order chi connectivity index (χ0) is 13.0. The van der Waals surface area contributed by atoms with Gasteiger partial charge in [-0.3, -0.25) is 4.79 Å². The van der Waals surface area contributed by atoms with Gasteiger partial charge in [0.1, 0.15) is 5.82 Å². The highest BCUT2D eigenvalue weighted by Gasteiger charge is 2.15. The molecule has 5 heteroatoms. The summed E-state index contributed by atoms with van der Waals surface area (Å²) in [7, 11) is 0. The first-order chi connectivity index (χ1) is 7.90. The Morgan fingerprint density at radius 3 is 2.61 bits per heavy atom. The van der Waals surface area contributed by atoms with Crippen molar-refractivity contribution in [2.75, 3.05) is 5.32 Å². The highest BCUT2D eigenvalue weighted by molar-refractivity contribution is 5.95. The van der Waals surface area contributed by atoms with Crippen molar-refractivity contribution in [1.82, 2.24) is 0 Å². The Bertz CT molecular complexity index is 410. The minimum atomic E-state index is -0.558. The molecule has 0 aliphatic heterocycles. The van der Waals surface area contributed by atoms with Crippen molar-refractivity contribution >= 4 is 24.0 Å². The third-order valence-corrected chi connectivity index (χ3v) is 2.52. The van der Waals surface area contributed by atoms with Crippen molar-refractivity contribution in [3.8, 4) is 0 Å². The molecule has 0 saturated carbocycles. The van der Waals surface area contributed by atoms with E-state index in [1.54, 1.807) is 6.07 Å². The van der Waals surface area contributed by atoms with Crippen LogP contribution in [0.3, 0.4) is 0 Å². The van der Waals surface area contributed by atoms with Crippen molar-refractivity contribution in [2.24, 2.45) is 11.7 Å². The number of aryl methyl sites for hydroxylation is 1. The fourth-order valence-electron chi connectivity index (χ4n) is 1.57. The first-order valence-corrected chi connectivity index (χ1v) is 5.72. The molecule has 0 fully saturated rings. The normalized spacial score (nSPS) is 11.9. The molecule has 1 aromatic carbocycles. The minimum Gasteiger partial charge on any atom is -0.324 e. The van der Waals surface area contributed by atoms with Gasteiger partial charge in [0.2, 0.25) is 5.91 Å². The van der Waals surface area contributed by atoms with Gasteiger partial charge in [-0.15, -0.1) is 12.4 Å². The number of amides is 1. The second-order valence-corrected chi connectivity index (χ2v) is 4.68. The van der Waals surface area contributed by atoms with E-state index in [0.29, 0.717) is 18.0 Å². The van der Waals surface area contributed by atoms with Gasteiger partial charge in [0, 0.05) is 5.69 Å². The van der Waals surface area contributed by atoms with Crippen LogP contribution in [0.5, 0.6) is 0 Å². The summed E-state index contributed by atoms with van der Waals surface area (Å²) >= 11 is 0. The predicted octanol–water partition coefficient (Wildman–Crippen LogP) is 2.87. The summed E-state index contributed by atoms with van der Waals surface area (Å²) in [6.07, 6.45) is 0.611. The second-order valence-electron chi connectivity index (χ2n) is 4.68. The number of hydrogen-bond donors (Lipinski definition) is 2. The van der Waals surface area contributed by atoms with E-state index in [4.69, 9.17) is 5.73 Å². The molecule has 0 aliphatic carbocycles. The molecule has 0 aliphatic rings. The van der Waals surface area contributed by atoms with E-state index in [2.05, 4.69) is 5.32 Å². The number of nitrogens with two attached hydrogens (primary N) is 1. The van der Waals surface area contributed by atoms with Crippen LogP contribution in [0.4, 0.5) is 10.1 Å². The third kappa shape index (κ3) is 5.02. The van der Waals surface area contributed by atoms with Crippen LogP contribution in [-0.2, 0) is 4.79 Å². The molecule has 0 radical (unpaired) electrons. The summed E-state index contributed by atoms with van der Waals surface area (Å²) in [5.74, 6) is -0.292. The first-order valence-electron chi connectivity index (χ1n) is 5.72. The number of rotatable bonds is 4. The van der Waals surface area contributed by atoms with Crippen LogP contribution < -0.4 is 11.1 Å². The van der Waals surface area contributed by atoms with E-state index in [1.807, 2.05) is 20.8 Å². The molecule has 102 valence electrons. The molecule has 1 amide bonds. The van der Waals surface area contributed by atoms with Gasteiger partial charge in [0.15, 0.2) is 0 Å². The Morgan fingerprint density at radius 2 is 2.06 bits per heavy atom. The third-order valence-electron chi connectivity index (χ3n) is 2.52. The summed E-state index contributed by atoms with van der Waals surface area (Å²) in [6, 6.07) is 3.73. The van der Waals surface area contributed by atoms with Crippen molar-refractivity contribution in [2.45, 2.75) is 33.2 Å². The lowest BCUT2D eigenvalue weighted by molar-refractivity contribution is -0.117. The Morgan fingerprint density at radius 1 is 1.44 bits per heavy atom. The monoisotopic (exact) mass is 274 g/mol. The maximum absolute atomic E-state index is 13.0. The summed E-state index contributed by atoms with van der Waals surface area (Å²) in [6.45, 7) is 5.81. The number of benzene rings is 1. The predicted molar refractivity (Wildman–Crippen MR) is 74.4 cm³/mol. The molecular formula is C13H20ClFN2O. The molecular weight excluding hydrogens is 255 g/mol. The smallest absolute Gasteiger partial charge is 0.241 e. The van der Waals surface area contributed by atoms with Crippen LogP contribution in [0.25, 0.3) is 0 Å². The Labute approximate surface area is 113 Å². The molecule has 1 aromatic rings. The van der Waals surface area contributed by atoms with Gasteiger partial charge in [0.05, 0.1) is 6.04 Å². The number of carbonyl (C=O) groups excluding carboxylic acids is 1. The molecule has 1 rings (SSSR count). The van der Waals surface area contributed by atoms with Crippen molar-refractivity contribution in [1.29, 1.82) is 0 Å². The maximum Gasteiger partial charge on any atom is 0.241 e. The molecule has 0 saturated heterocycles. The van der Waals surface area contributed by atoms with Crippen LogP contribution in [-0.4, -0.2) is 11.9 Å². The number of carbonyl (C=O) groups is 1. The van der Waals surface area contributed by atoms with Crippen LogP contribution >= 0.6 is 12.4 Å². The van der Waals surface area contributed by atoms with Gasteiger partial charge in [-0.1, -0.05) is 19.9 Å². The molecule has 0 unspecified atom stereocenters. The molecule has 0 aromatic heterocycles. The van der Waals surface area contributed by atoms with Gasteiger partial charge >= 0.3 is 0 Å². The van der Waals surface area contributed by atoms with Gasteiger partial charge in [-0.05, 0) is 37.0 Å². The maximum atomic E-state index is 13.0. The van der Waals surface area contributed by atoms with E-state index < -0.39 is 6.04 Å². The van der Waals surface area contributed by atoms with E-state index in [9.17, 15) is 9.18 Å². The topological polar surface area (TPSA) is 55.1 Å². The Hall–Kier alpha value is -1.13. The fourth-order valence-corrected chi connectivity index (χ4v) is 1.57. The zero-order valence-electron chi connectivity index (χ0n) is 10.9. The van der Waals surface area contributed by atoms with Gasteiger partial charge in [-0.25, -0.2) is 4.39 Å². The lowest BCUT2D eigenvalue weighted by Crippen LogP contribution is -2.36. The summed E-state index contributed by atoms with van der Waals surface area (Å²) in [5.41, 5.74) is 7.05. The molecule has 0 heterocycles. The lowest BCUT2D eigenvalue weighted by Gasteiger charge is -2.15. The lowest BCUT2D eigenvalue weighted by atomic mass is 10.0. The molecule has 18 heavy (non-hydrogen) atoms. The van der Waals surface area contributed by atoms with E-state index in [-0.39, 0.29) is 24.1 Å². The van der Waals surface area contributed by atoms with Crippen LogP contribution in [0.2, 0.25) is 0 Å². The first kappa shape index (κ1) is 16.9. The minimum absolute atomic E-state index is 0. The molecule has 1 atom stereocenters. The zero-order valence-corrected chi connectivity index (χ0v) is 11.7. The highest BCUT2D eigenvalue weighted by atomic mass is 35.5. The van der Waals surface area contributed by atoms with E-state index >= 15 is 0 Å². The van der Waals surface area contributed by atoms with E-state index in [0.717, 1.165) is 5.56 Å². The standard InChI is InChI=1S/C13H19FN2O.ClH/c1-8(2)6-11(15)13(17)16-12-7-10(14)5-4-9(12)3;/h4-5,7-8,11H,6,15H2,1-3H3,(H,16,17);1H/t11-;/m0./s1. The largest absolute Gasteiger partial charge is 0.324 e. The number of nitrogens with one attached hydrogen (secondary N) is 1. The molecule has 3 N–H and O–H groups in total. The summed E-state index contributed by atoms with van der Waals surface area (Å²) in [5, 5.41) is 2.65. The van der Waals surface area contributed by atoms with Crippen molar-refractivity contribution in [3.05, 3.63) is 29.6 Å². The Kier molecular flexibility index (Phi) is 6.88. The summed E-state index contributed by atoms with van der Waals surface area (Å²) < 4.78 is 13.0. The number of halogens is 2. The second kappa shape index (κ2) is 7.34. The average Bonchev–Trinajstić information content (AvgIpc) is 2.22. The molecule has 3 nitrogen and oxygen atoms in total. The van der Waals surface area contributed by atoms with Crippen LogP contribution in [0.1, 0.15) is 25.8 Å². The number of hydrogen-bond acceptors (Lipinski definition) is 2. The quantitative estimate of drug-likeness (QED) is 0.887. The van der Waals surface area contributed by atoms with Gasteiger partial charge < -0.3 is 11.1 Å². The Balaban J connectivity index is 0.00000289. The number of anilines is 1. The molecule has 0 bridgehead atoms. The van der Waals surface area contributed by atoms with Crippen LogP contribution in [0.15, 0.2) is 18.2 Å². The van der Waals surface area contributed by atoms with Gasteiger partial charge in [-0.2, -0.15) is 0 Å². The SMILES string of the molecule is Cc1ccc(F)cc1NC(=O)[C@@H](N)CC(C)C.Cl. The highest BCUT2D eigenvalue weighted by Crippen LogP contribution is 2.16. The van der Waals surface area contributed by atoms with E-state index in [1.165, 1.54) is 12.1 Å².